The van der Waals surface area contributed by atoms with E-state index in [2.05, 4.69) is 11.6 Å². The average Bonchev–Trinajstić information content (AvgIpc) is 2.47. The fraction of sp³-hybridized carbons (Fsp3) is 0.100. The van der Waals surface area contributed by atoms with Gasteiger partial charge in [-0.2, -0.15) is 0 Å². The maximum atomic E-state index is 5.43. The Bertz CT molecular complexity index is 375. The van der Waals surface area contributed by atoms with E-state index in [1.807, 2.05) is 24.3 Å². The number of para-hydroxylation sites is 2. The molecule has 0 radical (unpaired) electrons. The van der Waals surface area contributed by atoms with Crippen molar-refractivity contribution in [2.75, 3.05) is 0 Å². The third-order valence-electron chi connectivity index (χ3n) is 1.66. The van der Waals surface area contributed by atoms with Gasteiger partial charge in [0.05, 0.1) is 8.41 Å². The van der Waals surface area contributed by atoms with Crippen LogP contribution in [-0.2, 0) is 6.42 Å². The van der Waals surface area contributed by atoms with E-state index in [-0.39, 0.29) is 8.41 Å². The Morgan fingerprint density at radius 3 is 2.85 bits per heavy atom. The van der Waals surface area contributed by atoms with Gasteiger partial charge in [-0.05, 0) is 12.1 Å². The minimum atomic E-state index is 0. The highest BCUT2D eigenvalue weighted by Crippen LogP contribution is 2.14. The Morgan fingerprint density at radius 2 is 2.15 bits per heavy atom. The van der Waals surface area contributed by atoms with E-state index in [0.29, 0.717) is 6.42 Å². The number of benzene rings is 1. The molecular weight excluding hydrogens is 161 g/mol. The third kappa shape index (κ3) is 1.80. The summed E-state index contributed by atoms with van der Waals surface area (Å²) in [6.45, 7) is 3.63. The van der Waals surface area contributed by atoms with Crippen LogP contribution in [0.5, 0.6) is 0 Å². The number of rotatable bonds is 2. The number of hydrogen-bond donors (Lipinski definition) is 0. The van der Waals surface area contributed by atoms with Crippen molar-refractivity contribution in [2.45, 2.75) is 6.42 Å². The fourth-order valence-corrected chi connectivity index (χ4v) is 1.13. The van der Waals surface area contributed by atoms with Crippen LogP contribution in [0.3, 0.4) is 0 Å². The van der Waals surface area contributed by atoms with Gasteiger partial charge < -0.3 is 4.42 Å². The van der Waals surface area contributed by atoms with Crippen LogP contribution in [0, 0.1) is 0 Å². The molecule has 0 atom stereocenters. The van der Waals surface area contributed by atoms with Gasteiger partial charge in [-0.25, -0.2) is 4.98 Å². The molecule has 0 saturated carbocycles. The molecule has 0 unspecified atom stereocenters. The summed E-state index contributed by atoms with van der Waals surface area (Å²) in [4.78, 5) is 4.26. The smallest absolute Gasteiger partial charge is 0.199 e. The van der Waals surface area contributed by atoms with Gasteiger partial charge in [0.2, 0.25) is 0 Å². The van der Waals surface area contributed by atoms with Crippen LogP contribution in [0.1, 0.15) is 5.89 Å². The molecule has 0 amide bonds. The Hall–Kier alpha value is -1.51. The first-order valence-electron chi connectivity index (χ1n) is 3.85. The topological polar surface area (TPSA) is 26.0 Å². The number of hydrogen-bond acceptors (Lipinski definition) is 2. The van der Waals surface area contributed by atoms with E-state index in [9.17, 15) is 0 Å². The van der Waals surface area contributed by atoms with Crippen LogP contribution in [0.25, 0.3) is 11.1 Å². The first-order valence-corrected chi connectivity index (χ1v) is 3.85. The van der Waals surface area contributed by atoms with Crippen molar-refractivity contribution in [1.82, 2.24) is 4.98 Å². The van der Waals surface area contributed by atoms with Crippen LogP contribution in [-0.4, -0.2) is 13.4 Å². The van der Waals surface area contributed by atoms with Gasteiger partial charge in [-0.15, -0.1) is 6.58 Å². The summed E-state index contributed by atoms with van der Waals surface area (Å²) >= 11 is 0. The summed E-state index contributed by atoms with van der Waals surface area (Å²) in [5.41, 5.74) is 1.75. The molecule has 66 valence electrons. The summed E-state index contributed by atoms with van der Waals surface area (Å²) in [6.07, 6.45) is 2.47. The first-order chi connectivity index (χ1) is 5.90. The zero-order chi connectivity index (χ0) is 8.39. The van der Waals surface area contributed by atoms with Crippen molar-refractivity contribution in [1.29, 1.82) is 0 Å². The Labute approximate surface area is 78.9 Å². The van der Waals surface area contributed by atoms with Crippen molar-refractivity contribution >= 4 is 19.5 Å². The summed E-state index contributed by atoms with van der Waals surface area (Å²) in [5, 5.41) is 0. The predicted molar refractivity (Wildman–Crippen MR) is 57.8 cm³/mol. The van der Waals surface area contributed by atoms with E-state index in [0.717, 1.165) is 17.0 Å². The molecule has 0 aliphatic carbocycles. The lowest BCUT2D eigenvalue weighted by Gasteiger charge is -1.82. The first kappa shape index (κ1) is 9.58. The normalized spacial score (nSPS) is 9.54. The number of nitrogens with zero attached hydrogens (tertiary/aromatic N) is 1. The maximum absolute atomic E-state index is 5.43. The van der Waals surface area contributed by atoms with Crippen molar-refractivity contribution in [3.05, 3.63) is 42.8 Å². The predicted octanol–water partition coefficient (Wildman–Crippen LogP) is 1.37. The molecule has 0 fully saturated rings. The second kappa shape index (κ2) is 3.94. The van der Waals surface area contributed by atoms with E-state index in [1.54, 1.807) is 6.08 Å². The molecule has 13 heavy (non-hydrogen) atoms. The van der Waals surface area contributed by atoms with Crippen molar-refractivity contribution in [3.8, 4) is 0 Å². The van der Waals surface area contributed by atoms with Gasteiger partial charge in [0.1, 0.15) is 5.52 Å². The second-order valence-corrected chi connectivity index (χ2v) is 2.57. The highest BCUT2D eigenvalue weighted by atomic mass is 16.3. The summed E-state index contributed by atoms with van der Waals surface area (Å²) in [7, 11) is 0. The average molecular weight is 173 g/mol. The zero-order valence-electron chi connectivity index (χ0n) is 6.66. The fourth-order valence-electron chi connectivity index (χ4n) is 1.13. The van der Waals surface area contributed by atoms with Gasteiger partial charge in [0, 0.05) is 6.42 Å². The van der Waals surface area contributed by atoms with Gasteiger partial charge in [0.25, 0.3) is 0 Å². The van der Waals surface area contributed by atoms with Crippen molar-refractivity contribution < 1.29 is 4.42 Å². The molecule has 3 heteroatoms. The van der Waals surface area contributed by atoms with Gasteiger partial charge in [-0.3, -0.25) is 0 Å². The minimum Gasteiger partial charge on any atom is -0.440 e. The van der Waals surface area contributed by atoms with Crippen LogP contribution >= 0.6 is 0 Å². The molecule has 0 bridgehead atoms. The van der Waals surface area contributed by atoms with E-state index in [1.165, 1.54) is 0 Å². The van der Waals surface area contributed by atoms with Crippen LogP contribution in [0.15, 0.2) is 41.3 Å². The number of aromatic nitrogens is 1. The molecule has 0 aliphatic rings. The lowest BCUT2D eigenvalue weighted by Crippen LogP contribution is -1.76. The summed E-state index contributed by atoms with van der Waals surface area (Å²) in [5.74, 6) is 0.728. The Kier molecular flexibility index (Phi) is 2.90. The molecule has 0 aliphatic heterocycles. The zero-order valence-corrected chi connectivity index (χ0v) is 6.66. The van der Waals surface area contributed by atoms with Gasteiger partial charge in [0.15, 0.2) is 11.5 Å². The molecule has 0 spiro atoms. The number of allylic oxidation sites excluding steroid dienone is 1. The quantitative estimate of drug-likeness (QED) is 0.506. The lowest BCUT2D eigenvalue weighted by molar-refractivity contribution is 0.547. The molecular formula is C10H12BNO. The van der Waals surface area contributed by atoms with Crippen molar-refractivity contribution in [3.63, 3.8) is 0 Å². The van der Waals surface area contributed by atoms with Crippen LogP contribution in [0.2, 0.25) is 0 Å². The molecule has 0 N–H and O–H groups in total. The maximum Gasteiger partial charge on any atom is 0.199 e. The monoisotopic (exact) mass is 173 g/mol. The van der Waals surface area contributed by atoms with Gasteiger partial charge in [-0.1, -0.05) is 18.2 Å². The molecule has 1 aromatic carbocycles. The van der Waals surface area contributed by atoms with E-state index in [4.69, 9.17) is 4.42 Å². The van der Waals surface area contributed by atoms with E-state index >= 15 is 0 Å². The number of oxazole rings is 1. The minimum absolute atomic E-state index is 0. The molecule has 2 nitrogen and oxygen atoms in total. The summed E-state index contributed by atoms with van der Waals surface area (Å²) < 4.78 is 5.43. The van der Waals surface area contributed by atoms with Crippen molar-refractivity contribution in [2.24, 2.45) is 0 Å². The lowest BCUT2D eigenvalue weighted by atomic mass is 10.3. The van der Waals surface area contributed by atoms with Crippen LogP contribution in [0.4, 0.5) is 0 Å². The van der Waals surface area contributed by atoms with Gasteiger partial charge >= 0.3 is 0 Å². The van der Waals surface area contributed by atoms with E-state index < -0.39 is 0 Å². The third-order valence-corrected chi connectivity index (χ3v) is 1.66. The summed E-state index contributed by atoms with van der Waals surface area (Å²) in [6, 6.07) is 7.73. The molecule has 1 aromatic heterocycles. The highest BCUT2D eigenvalue weighted by molar-refractivity contribution is 5.75. The molecule has 1 heterocycles. The largest absolute Gasteiger partial charge is 0.440 e. The Morgan fingerprint density at radius 1 is 1.38 bits per heavy atom. The highest BCUT2D eigenvalue weighted by Gasteiger charge is 2.01. The SMILES string of the molecule is B.C=CCc1nc2ccccc2o1. The molecule has 2 rings (SSSR count). The second-order valence-electron chi connectivity index (χ2n) is 2.57. The standard InChI is InChI=1S/C10H9NO.BH3/c1-2-5-10-11-8-6-3-4-7-9(8)12-10;/h2-4,6-7H,1,5H2;1H3. The van der Waals surface area contributed by atoms with Crippen LogP contribution < -0.4 is 0 Å². The number of fused-ring (bicyclic) bond motifs is 1. The Balaban J connectivity index is 0.000000845. The molecule has 0 saturated heterocycles. The molecule has 2 aromatic rings.